The average Bonchev–Trinajstić information content (AvgIpc) is 3.23. The highest BCUT2D eigenvalue weighted by Crippen LogP contribution is 2.31. The van der Waals surface area contributed by atoms with Gasteiger partial charge in [0.15, 0.2) is 5.69 Å². The molecule has 9 heteroatoms. The van der Waals surface area contributed by atoms with E-state index in [1.165, 1.54) is 6.21 Å². The molecule has 5 nitrogen and oxygen atoms in total. The third kappa shape index (κ3) is 5.18. The highest BCUT2D eigenvalue weighted by atomic mass is 79.9. The lowest BCUT2D eigenvalue weighted by Gasteiger charge is -2.10. The van der Waals surface area contributed by atoms with Crippen molar-refractivity contribution >= 4 is 28.1 Å². The summed E-state index contributed by atoms with van der Waals surface area (Å²) in [5, 5.41) is 3.92. The van der Waals surface area contributed by atoms with Crippen LogP contribution in [0.5, 0.6) is 0 Å². The van der Waals surface area contributed by atoms with Crippen molar-refractivity contribution in [1.29, 1.82) is 0 Å². The number of alkyl halides is 3. The van der Waals surface area contributed by atoms with E-state index >= 15 is 0 Å². The monoisotopic (exact) mass is 486 g/mol. The van der Waals surface area contributed by atoms with Gasteiger partial charge < -0.3 is 4.42 Å². The van der Waals surface area contributed by atoms with Crippen LogP contribution in [0.3, 0.4) is 0 Å². The molecule has 4 rings (SSSR count). The quantitative estimate of drug-likeness (QED) is 0.254. The number of anilines is 1. The molecule has 2 aromatic heterocycles. The summed E-state index contributed by atoms with van der Waals surface area (Å²) in [5.41, 5.74) is 2.94. The maximum atomic E-state index is 13.3. The Kier molecular flexibility index (Phi) is 5.85. The van der Waals surface area contributed by atoms with Gasteiger partial charge in [0.1, 0.15) is 11.5 Å². The molecule has 0 fully saturated rings. The molecule has 0 aliphatic carbocycles. The predicted molar refractivity (Wildman–Crippen MR) is 116 cm³/mol. The first kappa shape index (κ1) is 20.8. The van der Waals surface area contributed by atoms with Crippen molar-refractivity contribution < 1.29 is 17.6 Å². The summed E-state index contributed by atoms with van der Waals surface area (Å²) in [6.07, 6.45) is -3.28. The topological polar surface area (TPSA) is 63.3 Å². The molecule has 4 aromatic rings. The maximum Gasteiger partial charge on any atom is 0.433 e. The SMILES string of the molecule is FC(F)(F)c1cc(-c2ccccc2)nc(N/N=C/c2ccc(-c3ccc(Br)cc3)o2)n1. The molecule has 0 unspecified atom stereocenters. The Morgan fingerprint density at radius 1 is 0.903 bits per heavy atom. The molecule has 0 atom stereocenters. The highest BCUT2D eigenvalue weighted by molar-refractivity contribution is 9.10. The minimum Gasteiger partial charge on any atom is -0.455 e. The van der Waals surface area contributed by atoms with Gasteiger partial charge in [-0.25, -0.2) is 15.4 Å². The Morgan fingerprint density at radius 3 is 2.35 bits per heavy atom. The fourth-order valence-electron chi connectivity index (χ4n) is 2.74. The number of furan rings is 1. The van der Waals surface area contributed by atoms with Crippen LogP contribution >= 0.6 is 15.9 Å². The standard InChI is InChI=1S/C22H14BrF3N4O/c23-16-8-6-15(7-9-16)19-11-10-17(31-19)13-27-30-21-28-18(14-4-2-1-3-5-14)12-20(29-21)22(24,25)26/h1-13H,(H,28,29,30)/b27-13+. The van der Waals surface area contributed by atoms with Gasteiger partial charge >= 0.3 is 6.18 Å². The first-order chi connectivity index (χ1) is 14.9. The lowest BCUT2D eigenvalue weighted by molar-refractivity contribution is -0.141. The largest absolute Gasteiger partial charge is 0.455 e. The van der Waals surface area contributed by atoms with Crippen molar-refractivity contribution in [3.63, 3.8) is 0 Å². The Labute approximate surface area is 183 Å². The summed E-state index contributed by atoms with van der Waals surface area (Å²) in [4.78, 5) is 7.66. The van der Waals surface area contributed by atoms with Gasteiger partial charge in [-0.3, -0.25) is 0 Å². The van der Waals surface area contributed by atoms with Gasteiger partial charge in [-0.05, 0) is 30.3 Å². The number of rotatable bonds is 5. The van der Waals surface area contributed by atoms with Crippen molar-refractivity contribution in [3.8, 4) is 22.6 Å². The number of nitrogens with zero attached hydrogens (tertiary/aromatic N) is 3. The van der Waals surface area contributed by atoms with E-state index in [0.29, 0.717) is 17.1 Å². The summed E-state index contributed by atoms with van der Waals surface area (Å²) >= 11 is 3.37. The van der Waals surface area contributed by atoms with Crippen molar-refractivity contribution in [2.75, 3.05) is 5.43 Å². The number of hydrogen-bond acceptors (Lipinski definition) is 5. The molecule has 0 amide bonds. The second kappa shape index (κ2) is 8.73. The summed E-state index contributed by atoms with van der Waals surface area (Å²) in [6, 6.07) is 20.5. The predicted octanol–water partition coefficient (Wildman–Crippen LogP) is 6.63. The Morgan fingerprint density at radius 2 is 1.65 bits per heavy atom. The number of nitrogens with one attached hydrogen (secondary N) is 1. The number of benzene rings is 2. The van der Waals surface area contributed by atoms with Gasteiger partial charge in [-0.2, -0.15) is 18.3 Å². The van der Waals surface area contributed by atoms with E-state index in [4.69, 9.17) is 4.42 Å². The van der Waals surface area contributed by atoms with Crippen LogP contribution in [-0.2, 0) is 6.18 Å². The third-order valence-electron chi connectivity index (χ3n) is 4.20. The van der Waals surface area contributed by atoms with E-state index in [2.05, 4.69) is 36.4 Å². The van der Waals surface area contributed by atoms with Gasteiger partial charge in [0.05, 0.1) is 11.9 Å². The number of halogens is 4. The van der Waals surface area contributed by atoms with Crippen LogP contribution in [-0.4, -0.2) is 16.2 Å². The number of aromatic nitrogens is 2. The lowest BCUT2D eigenvalue weighted by Crippen LogP contribution is -2.11. The van der Waals surface area contributed by atoms with E-state index < -0.39 is 11.9 Å². The van der Waals surface area contributed by atoms with Crippen LogP contribution in [0.4, 0.5) is 19.1 Å². The van der Waals surface area contributed by atoms with Crippen LogP contribution in [0.2, 0.25) is 0 Å². The third-order valence-corrected chi connectivity index (χ3v) is 4.73. The summed E-state index contributed by atoms with van der Waals surface area (Å²) < 4.78 is 46.4. The van der Waals surface area contributed by atoms with Gasteiger partial charge in [0.25, 0.3) is 0 Å². The first-order valence-electron chi connectivity index (χ1n) is 9.05. The molecule has 156 valence electrons. The zero-order chi connectivity index (χ0) is 21.8. The van der Waals surface area contributed by atoms with Gasteiger partial charge in [0, 0.05) is 15.6 Å². The smallest absolute Gasteiger partial charge is 0.433 e. The van der Waals surface area contributed by atoms with Crippen molar-refractivity contribution in [2.24, 2.45) is 5.10 Å². The van der Waals surface area contributed by atoms with Crippen molar-refractivity contribution in [1.82, 2.24) is 9.97 Å². The molecule has 2 heterocycles. The number of hydrogen-bond donors (Lipinski definition) is 1. The van der Waals surface area contributed by atoms with Crippen molar-refractivity contribution in [2.45, 2.75) is 6.18 Å². The molecule has 2 aromatic carbocycles. The molecule has 0 radical (unpaired) electrons. The van der Waals surface area contributed by atoms with Crippen LogP contribution in [0, 0.1) is 0 Å². The molecule has 0 spiro atoms. The van der Waals surface area contributed by atoms with E-state index in [1.807, 2.05) is 24.3 Å². The molecule has 1 N–H and O–H groups in total. The van der Waals surface area contributed by atoms with Crippen LogP contribution in [0.15, 0.2) is 86.8 Å². The Bertz CT molecular complexity index is 1210. The molecule has 0 saturated heterocycles. The second-order valence-corrected chi connectivity index (χ2v) is 7.32. The van der Waals surface area contributed by atoms with Crippen LogP contribution in [0.25, 0.3) is 22.6 Å². The van der Waals surface area contributed by atoms with Crippen molar-refractivity contribution in [3.05, 3.63) is 88.7 Å². The molecule has 0 saturated carbocycles. The fraction of sp³-hybridized carbons (Fsp3) is 0.0455. The fourth-order valence-corrected chi connectivity index (χ4v) is 3.01. The lowest BCUT2D eigenvalue weighted by atomic mass is 10.1. The number of hydrazone groups is 1. The minimum atomic E-state index is -4.62. The average molecular weight is 487 g/mol. The van der Waals surface area contributed by atoms with E-state index in [9.17, 15) is 13.2 Å². The van der Waals surface area contributed by atoms with Gasteiger partial charge in [0.2, 0.25) is 5.95 Å². The Balaban J connectivity index is 1.55. The molecule has 0 bridgehead atoms. The van der Waals surface area contributed by atoms with E-state index in [1.54, 1.807) is 42.5 Å². The molecule has 0 aliphatic rings. The zero-order valence-corrected chi connectivity index (χ0v) is 17.4. The van der Waals surface area contributed by atoms with Crippen LogP contribution in [0.1, 0.15) is 11.5 Å². The Hall–Kier alpha value is -3.46. The van der Waals surface area contributed by atoms with Gasteiger partial charge in [-0.1, -0.05) is 58.4 Å². The minimum absolute atomic E-state index is 0.135. The normalized spacial score (nSPS) is 11.7. The first-order valence-corrected chi connectivity index (χ1v) is 9.84. The second-order valence-electron chi connectivity index (χ2n) is 6.40. The summed E-state index contributed by atoms with van der Waals surface area (Å²) in [7, 11) is 0. The molecular weight excluding hydrogens is 473 g/mol. The summed E-state index contributed by atoms with van der Waals surface area (Å²) in [5.74, 6) is 0.779. The van der Waals surface area contributed by atoms with Gasteiger partial charge in [-0.15, -0.1) is 0 Å². The highest BCUT2D eigenvalue weighted by Gasteiger charge is 2.33. The molecule has 31 heavy (non-hydrogen) atoms. The maximum absolute atomic E-state index is 13.3. The molecular formula is C22H14BrF3N4O. The molecule has 0 aliphatic heterocycles. The van der Waals surface area contributed by atoms with E-state index in [0.717, 1.165) is 16.1 Å². The van der Waals surface area contributed by atoms with E-state index in [-0.39, 0.29) is 11.6 Å². The van der Waals surface area contributed by atoms with Crippen LogP contribution < -0.4 is 5.43 Å². The summed E-state index contributed by atoms with van der Waals surface area (Å²) in [6.45, 7) is 0. The zero-order valence-electron chi connectivity index (χ0n) is 15.8.